The smallest absolute Gasteiger partial charge is 0.494 e. The summed E-state index contributed by atoms with van der Waals surface area (Å²) < 4.78 is 51.6. The highest BCUT2D eigenvalue weighted by molar-refractivity contribution is 6.81. The van der Waals surface area contributed by atoms with Crippen molar-refractivity contribution in [1.82, 2.24) is 0 Å². The molecule has 0 saturated heterocycles. The number of nitrogens with two attached hydrogens (primary N) is 8. The number of rotatable bonds is 40. The van der Waals surface area contributed by atoms with Crippen LogP contribution in [-0.4, -0.2) is 236 Å². The quantitative estimate of drug-likeness (QED) is 0.0125. The Balaban J connectivity index is 0.000000304. The molecule has 0 radical (unpaired) electrons. The van der Waals surface area contributed by atoms with Crippen LogP contribution in [0.4, 0.5) is 0 Å². The Bertz CT molecular complexity index is 4010. The Morgan fingerprint density at radius 1 is 0.339 bits per heavy atom. The number of hydrogen-bond acceptors (Lipinski definition) is 32. The van der Waals surface area contributed by atoms with Gasteiger partial charge in [0.15, 0.2) is 0 Å². The van der Waals surface area contributed by atoms with E-state index in [1.807, 2.05) is 36.4 Å². The van der Waals surface area contributed by atoms with Gasteiger partial charge in [-0.1, -0.05) is 158 Å². The largest absolute Gasteiger partial charge is 0.495 e. The lowest BCUT2D eigenvalue weighted by atomic mass is 9.64. The second kappa shape index (κ2) is 50.9. The summed E-state index contributed by atoms with van der Waals surface area (Å²) in [5.74, 6) is 0.877. The predicted molar refractivity (Wildman–Crippen MR) is 441 cm³/mol. The highest BCUT2D eigenvalue weighted by Gasteiger charge is 2.43. The zero-order valence-corrected chi connectivity index (χ0v) is 63.5. The van der Waals surface area contributed by atoms with Gasteiger partial charge in [-0.3, -0.25) is 0 Å². The standard InChI is InChI=1S/C30H44B3N3O11.C24H32B3N3O7.C11H16BNO4.C8H10BNO2.2H2O/c34-17-24(39)20-7-1-2-10-23(20)33(46-31(42)29-21(25(40)18-35)8-3-11-27(29)44-15-5-13-37)47-32(43)30-22(26(41)19-36)9-4-12-28(30)45-16-6-14-38;28-13-22(31)16-7-1-4-10-19(16)25(34)36-27(21-12-6-3-9-18(21)24(33)15-30)37-26(35)20-11-5-2-8-17(20)23(32)14-29;13-7-10-8-3-1-4-9(16-6-2-5-14)11(8)12(15)17-10;10-5-8-6-3-1-2-4-7(6)9(11)12-8;;/h1-4,7-12,24-26,37-43H,5-6,13-19,34-36H2;1-12,22-24,31-35H,13-15,28-30H2;1,3-4,10,14-15H,2,5-7,13H2;1-4,8,11H,5,10H2;2*1H2. The fourth-order valence-electron chi connectivity index (χ4n) is 12.5. The monoisotopic (exact) mass is 1600 g/mol. The third-order valence-electron chi connectivity index (χ3n) is 18.2. The van der Waals surface area contributed by atoms with E-state index in [0.717, 1.165) is 16.6 Å². The molecule has 0 aliphatic carbocycles. The number of aliphatic hydroxyl groups is 9. The van der Waals surface area contributed by atoms with Gasteiger partial charge < -0.3 is 175 Å². The highest BCUT2D eigenvalue weighted by Crippen LogP contribution is 2.28. The van der Waals surface area contributed by atoms with Crippen molar-refractivity contribution < 1.29 is 129 Å². The fraction of sp³-hybridized carbons (Fsp3) is 0.342. The molecule has 0 saturated carbocycles. The zero-order valence-electron chi connectivity index (χ0n) is 63.5. The molecule has 8 aromatic carbocycles. The van der Waals surface area contributed by atoms with Gasteiger partial charge in [0.25, 0.3) is 0 Å². The summed E-state index contributed by atoms with van der Waals surface area (Å²) in [5.41, 5.74) is 51.4. The van der Waals surface area contributed by atoms with Crippen molar-refractivity contribution >= 4 is 101 Å². The Morgan fingerprint density at radius 3 is 1.01 bits per heavy atom. The third-order valence-corrected chi connectivity index (χ3v) is 18.2. The maximum Gasteiger partial charge on any atom is 0.495 e. The summed E-state index contributed by atoms with van der Waals surface area (Å²) in [7, 11) is -11.7. The van der Waals surface area contributed by atoms with E-state index in [1.165, 1.54) is 12.1 Å². The summed E-state index contributed by atoms with van der Waals surface area (Å²) in [4.78, 5) is 0. The Labute approximate surface area is 670 Å². The first-order chi connectivity index (χ1) is 54.6. The lowest BCUT2D eigenvalue weighted by molar-refractivity contribution is 0.186. The summed E-state index contributed by atoms with van der Waals surface area (Å²) >= 11 is 0. The molecule has 10 rings (SSSR count). The van der Waals surface area contributed by atoms with E-state index in [2.05, 4.69) is 0 Å². The molecule has 2 heterocycles. The summed E-state index contributed by atoms with van der Waals surface area (Å²) in [6, 6.07) is 48.5. The minimum Gasteiger partial charge on any atom is -0.494 e. The Kier molecular flexibility index (Phi) is 43.4. The lowest BCUT2D eigenvalue weighted by Crippen LogP contribution is -2.54. The van der Waals surface area contributed by atoms with Gasteiger partial charge in [0.05, 0.1) is 68.7 Å². The van der Waals surface area contributed by atoms with Gasteiger partial charge >= 0.3 is 56.9 Å². The van der Waals surface area contributed by atoms with Gasteiger partial charge in [0.2, 0.25) is 0 Å². The molecule has 42 heteroatoms. The van der Waals surface area contributed by atoms with Crippen LogP contribution in [0.25, 0.3) is 0 Å². The molecule has 8 aromatic rings. The molecule has 2 aliphatic heterocycles. The summed E-state index contributed by atoms with van der Waals surface area (Å²) in [5, 5.41) is 155. The van der Waals surface area contributed by atoms with Crippen LogP contribution in [0.15, 0.2) is 176 Å². The zero-order chi connectivity index (χ0) is 82.1. The SMILES string of the molecule is NCC(O)c1ccccc1B(O)OB(OB(O)c1ccccc1C(O)CN)c1ccccc1C(O)CN.NCC(O)c1ccccc1B(OB(O)c1c(OCCCO)cccc1C(O)CN)OB(O)c1c(OCCCO)cccc1C(O)CN.NCC1OB(O)c2c(OCCCO)cccc21.NCC1OB(O)c2ccccc21.O.O. The van der Waals surface area contributed by atoms with E-state index >= 15 is 0 Å². The van der Waals surface area contributed by atoms with Crippen LogP contribution in [0.1, 0.15) is 113 Å². The number of benzene rings is 8. The number of ether oxygens (including phenoxy) is 3. The maximum atomic E-state index is 11.6. The van der Waals surface area contributed by atoms with Crippen molar-refractivity contribution in [2.45, 2.75) is 68.1 Å². The highest BCUT2D eigenvalue weighted by atomic mass is 16.6. The van der Waals surface area contributed by atoms with Crippen molar-refractivity contribution in [3.05, 3.63) is 220 Å². The van der Waals surface area contributed by atoms with Crippen LogP contribution >= 0.6 is 0 Å². The second-order valence-electron chi connectivity index (χ2n) is 25.8. The van der Waals surface area contributed by atoms with Gasteiger partial charge in [0, 0.05) is 108 Å². The molecule has 0 bridgehead atoms. The Morgan fingerprint density at radius 2 is 0.626 bits per heavy atom. The first-order valence-corrected chi connectivity index (χ1v) is 36.9. The van der Waals surface area contributed by atoms with Crippen molar-refractivity contribution in [2.75, 3.05) is 92.0 Å². The van der Waals surface area contributed by atoms with Crippen molar-refractivity contribution in [1.29, 1.82) is 0 Å². The molecule has 34 nitrogen and oxygen atoms in total. The van der Waals surface area contributed by atoms with E-state index < -0.39 is 93.6 Å². The van der Waals surface area contributed by atoms with Crippen LogP contribution in [-0.2, 0) is 27.6 Å². The predicted octanol–water partition coefficient (Wildman–Crippen LogP) is -9.22. The lowest BCUT2D eigenvalue weighted by Gasteiger charge is -2.26. The normalized spacial score (nSPS) is 14.7. The molecule has 35 N–H and O–H groups in total. The van der Waals surface area contributed by atoms with Crippen molar-refractivity contribution in [2.24, 2.45) is 45.9 Å². The van der Waals surface area contributed by atoms with Crippen molar-refractivity contribution in [3.8, 4) is 17.2 Å². The molecule has 115 heavy (non-hydrogen) atoms. The molecule has 8 atom stereocenters. The maximum absolute atomic E-state index is 11.6. The Hall–Kier alpha value is -7.56. The van der Waals surface area contributed by atoms with E-state index in [0.29, 0.717) is 72.3 Å². The number of hydrogen-bond donors (Lipinski definition) is 23. The molecule has 0 fully saturated rings. The van der Waals surface area contributed by atoms with Crippen LogP contribution in [0.2, 0.25) is 0 Å². The van der Waals surface area contributed by atoms with E-state index in [9.17, 15) is 71.0 Å². The molecule has 0 amide bonds. The molecule has 0 aromatic heterocycles. The summed E-state index contributed by atoms with van der Waals surface area (Å²) in [6.45, 7) is 0.325. The minimum atomic E-state index is -1.86. The summed E-state index contributed by atoms with van der Waals surface area (Å²) in [6.07, 6.45) is -6.06. The molecule has 618 valence electrons. The fourth-order valence-corrected chi connectivity index (χ4v) is 12.5. The average molecular weight is 1600 g/mol. The number of aliphatic hydroxyl groups excluding tert-OH is 9. The first-order valence-electron chi connectivity index (χ1n) is 36.9. The van der Waals surface area contributed by atoms with Gasteiger partial charge in [-0.15, -0.1) is 0 Å². The molecular weight excluding hydrogens is 1490 g/mol. The van der Waals surface area contributed by atoms with Crippen LogP contribution < -0.4 is 104 Å². The second-order valence-corrected chi connectivity index (χ2v) is 25.8. The van der Waals surface area contributed by atoms with Gasteiger partial charge in [-0.05, 0) is 90.0 Å². The van der Waals surface area contributed by atoms with Crippen LogP contribution in [0.3, 0.4) is 0 Å². The van der Waals surface area contributed by atoms with E-state index in [1.54, 1.807) is 127 Å². The average Bonchev–Trinajstić information content (AvgIpc) is 1.75. The molecule has 0 spiro atoms. The third kappa shape index (κ3) is 26.7. The van der Waals surface area contributed by atoms with Crippen molar-refractivity contribution in [3.63, 3.8) is 0 Å². The molecular formula is C73H106B8N8O26. The van der Waals surface area contributed by atoms with E-state index in [4.69, 9.17) is 92.8 Å². The van der Waals surface area contributed by atoms with Gasteiger partial charge in [-0.2, -0.15) is 0 Å². The minimum absolute atomic E-state index is 0. The molecule has 2 aliphatic rings. The van der Waals surface area contributed by atoms with Gasteiger partial charge in [0.1, 0.15) is 17.2 Å². The van der Waals surface area contributed by atoms with E-state index in [-0.39, 0.29) is 151 Å². The van der Waals surface area contributed by atoms with Crippen LogP contribution in [0, 0.1) is 0 Å². The number of fused-ring (bicyclic) bond motifs is 2. The molecule has 8 unspecified atom stereocenters. The first kappa shape index (κ1) is 98.0. The topological polar surface area (TPSA) is 658 Å². The van der Waals surface area contributed by atoms with Gasteiger partial charge in [-0.25, -0.2) is 0 Å². The van der Waals surface area contributed by atoms with Crippen LogP contribution in [0.5, 0.6) is 17.2 Å².